The maximum Gasteiger partial charge on any atom is 0.0800 e. The molecule has 3 rings (SSSR count). The van der Waals surface area contributed by atoms with E-state index in [0.717, 1.165) is 12.8 Å². The summed E-state index contributed by atoms with van der Waals surface area (Å²) in [6, 6.07) is 0. The molecule has 2 heteroatoms. The minimum Gasteiger partial charge on any atom is -0.396 e. The van der Waals surface area contributed by atoms with Crippen molar-refractivity contribution in [1.29, 1.82) is 0 Å². The molecule has 0 aromatic heterocycles. The molecule has 3 aliphatic carbocycles. The molecule has 2 saturated carbocycles. The molecule has 2 N–H and O–H groups in total. The zero-order valence-corrected chi connectivity index (χ0v) is 14.8. The molecule has 0 heterocycles. The maximum absolute atomic E-state index is 10.5. The van der Waals surface area contributed by atoms with Crippen molar-refractivity contribution in [2.45, 2.75) is 71.8 Å². The van der Waals surface area contributed by atoms with Gasteiger partial charge in [0.15, 0.2) is 0 Å². The first kappa shape index (κ1) is 16.5. The van der Waals surface area contributed by atoms with Gasteiger partial charge in [0.1, 0.15) is 0 Å². The Morgan fingerprint density at radius 1 is 1.09 bits per heavy atom. The van der Waals surface area contributed by atoms with Crippen LogP contribution in [0, 0.1) is 34.5 Å². The summed E-state index contributed by atoms with van der Waals surface area (Å²) in [5.41, 5.74) is -0.233. The third kappa shape index (κ3) is 2.38. The van der Waals surface area contributed by atoms with Crippen molar-refractivity contribution in [3.63, 3.8) is 0 Å². The van der Waals surface area contributed by atoms with Gasteiger partial charge in [-0.05, 0) is 80.0 Å². The smallest absolute Gasteiger partial charge is 0.0800 e. The highest BCUT2D eigenvalue weighted by molar-refractivity contribution is 5.17. The van der Waals surface area contributed by atoms with Gasteiger partial charge in [0.25, 0.3) is 0 Å². The van der Waals surface area contributed by atoms with E-state index >= 15 is 0 Å². The molecule has 3 aliphatic rings. The lowest BCUT2D eigenvalue weighted by Gasteiger charge is -2.54. The van der Waals surface area contributed by atoms with Gasteiger partial charge in [0.05, 0.1) is 5.60 Å². The van der Waals surface area contributed by atoms with Crippen molar-refractivity contribution in [3.05, 3.63) is 12.2 Å². The SMILES string of the molecule is CC(C)[C@H]1CC[C@H]2[C@@H]3C=C[C@](C)(O)CC[C@]3(C)CC[C@]12CO. The highest BCUT2D eigenvalue weighted by atomic mass is 16.3. The lowest BCUT2D eigenvalue weighted by Crippen LogP contribution is -2.49. The van der Waals surface area contributed by atoms with Gasteiger partial charge in [0, 0.05) is 6.61 Å². The number of hydrogen-bond acceptors (Lipinski definition) is 2. The molecule has 0 aliphatic heterocycles. The normalized spacial score (nSPS) is 51.5. The van der Waals surface area contributed by atoms with E-state index in [-0.39, 0.29) is 5.41 Å². The van der Waals surface area contributed by atoms with Gasteiger partial charge in [-0.15, -0.1) is 0 Å². The molecule has 0 spiro atoms. The minimum atomic E-state index is -0.654. The lowest BCUT2D eigenvalue weighted by atomic mass is 9.51. The lowest BCUT2D eigenvalue weighted by molar-refractivity contribution is -0.0748. The number of fused-ring (bicyclic) bond motifs is 3. The van der Waals surface area contributed by atoms with Crippen LogP contribution in [-0.2, 0) is 0 Å². The maximum atomic E-state index is 10.5. The number of aliphatic hydroxyl groups is 2. The molecule has 6 atom stereocenters. The molecule has 0 unspecified atom stereocenters. The van der Waals surface area contributed by atoms with Crippen molar-refractivity contribution >= 4 is 0 Å². The van der Waals surface area contributed by atoms with Gasteiger partial charge in [0.2, 0.25) is 0 Å². The first-order chi connectivity index (χ1) is 10.2. The molecule has 22 heavy (non-hydrogen) atoms. The highest BCUT2D eigenvalue weighted by Crippen LogP contribution is 2.65. The molecule has 0 aromatic rings. The Bertz CT molecular complexity index is 453. The van der Waals surface area contributed by atoms with Crippen molar-refractivity contribution < 1.29 is 10.2 Å². The molecule has 126 valence electrons. The van der Waals surface area contributed by atoms with Crippen LogP contribution < -0.4 is 0 Å². The largest absolute Gasteiger partial charge is 0.396 e. The van der Waals surface area contributed by atoms with Gasteiger partial charge >= 0.3 is 0 Å². The van der Waals surface area contributed by atoms with Crippen LogP contribution in [0.25, 0.3) is 0 Å². The third-order valence-electron chi connectivity index (χ3n) is 7.63. The summed E-state index contributed by atoms with van der Waals surface area (Å²) in [4.78, 5) is 0. The molecule has 2 fully saturated rings. The topological polar surface area (TPSA) is 40.5 Å². The van der Waals surface area contributed by atoms with E-state index in [0.29, 0.717) is 35.7 Å². The molecule has 0 aromatic carbocycles. The second-order valence-corrected chi connectivity index (χ2v) is 9.32. The third-order valence-corrected chi connectivity index (χ3v) is 7.63. The highest BCUT2D eigenvalue weighted by Gasteiger charge is 2.59. The van der Waals surface area contributed by atoms with E-state index in [1.165, 1.54) is 25.7 Å². The predicted octanol–water partition coefficient (Wildman–Crippen LogP) is 4.16. The standard InChI is InChI=1S/C20H34O2/c1-14(2)15-5-6-17-16-7-8-19(4,22)11-9-18(16,3)10-12-20(15,17)13-21/h7-8,14-17,21-22H,5-6,9-13H2,1-4H3/t15-,16+,17+,18-,19+,20+/m1/s1. The van der Waals surface area contributed by atoms with Crippen molar-refractivity contribution in [1.82, 2.24) is 0 Å². The van der Waals surface area contributed by atoms with Gasteiger partial charge in [-0.3, -0.25) is 0 Å². The van der Waals surface area contributed by atoms with E-state index in [4.69, 9.17) is 0 Å². The second-order valence-electron chi connectivity index (χ2n) is 9.32. The van der Waals surface area contributed by atoms with Crippen LogP contribution in [0.15, 0.2) is 12.2 Å². The van der Waals surface area contributed by atoms with E-state index in [2.05, 4.69) is 32.9 Å². The molecule has 0 bridgehead atoms. The first-order valence-corrected chi connectivity index (χ1v) is 9.27. The first-order valence-electron chi connectivity index (χ1n) is 9.27. The average Bonchev–Trinajstić information content (AvgIpc) is 2.79. The van der Waals surface area contributed by atoms with Gasteiger partial charge in [-0.25, -0.2) is 0 Å². The van der Waals surface area contributed by atoms with Crippen molar-refractivity contribution in [3.8, 4) is 0 Å². The Morgan fingerprint density at radius 3 is 2.41 bits per heavy atom. The van der Waals surface area contributed by atoms with Gasteiger partial charge in [-0.1, -0.05) is 32.9 Å². The summed E-state index contributed by atoms with van der Waals surface area (Å²) in [6.07, 6.45) is 11.2. The average molecular weight is 306 g/mol. The Kier molecular flexibility index (Phi) is 4.01. The summed E-state index contributed by atoms with van der Waals surface area (Å²) < 4.78 is 0. The molecule has 2 nitrogen and oxygen atoms in total. The van der Waals surface area contributed by atoms with Crippen LogP contribution in [0.4, 0.5) is 0 Å². The van der Waals surface area contributed by atoms with Gasteiger partial charge in [-0.2, -0.15) is 0 Å². The fourth-order valence-corrected chi connectivity index (χ4v) is 6.19. The second kappa shape index (κ2) is 5.34. The molecular formula is C20H34O2. The Balaban J connectivity index is 1.98. The van der Waals surface area contributed by atoms with Crippen LogP contribution in [-0.4, -0.2) is 22.4 Å². The van der Waals surface area contributed by atoms with E-state index in [9.17, 15) is 10.2 Å². The minimum absolute atomic E-state index is 0.124. The fraction of sp³-hybridized carbons (Fsp3) is 0.900. The quantitative estimate of drug-likeness (QED) is 0.752. The van der Waals surface area contributed by atoms with Crippen LogP contribution in [0.3, 0.4) is 0 Å². The Labute approximate surface area is 136 Å². The van der Waals surface area contributed by atoms with E-state index < -0.39 is 5.60 Å². The number of allylic oxidation sites excluding steroid dienone is 1. The van der Waals surface area contributed by atoms with Gasteiger partial charge < -0.3 is 10.2 Å². The number of hydrogen-bond donors (Lipinski definition) is 2. The molecule has 0 radical (unpaired) electrons. The summed E-state index contributed by atoms with van der Waals surface area (Å²) in [5, 5.41) is 20.8. The zero-order valence-electron chi connectivity index (χ0n) is 14.8. The predicted molar refractivity (Wildman–Crippen MR) is 90.4 cm³/mol. The van der Waals surface area contributed by atoms with Crippen LogP contribution in [0.1, 0.15) is 66.2 Å². The summed E-state index contributed by atoms with van der Waals surface area (Å²) >= 11 is 0. The van der Waals surface area contributed by atoms with Crippen LogP contribution in [0.5, 0.6) is 0 Å². The fourth-order valence-electron chi connectivity index (χ4n) is 6.19. The molecular weight excluding hydrogens is 272 g/mol. The zero-order chi connectivity index (χ0) is 16.2. The summed E-state index contributed by atoms with van der Waals surface area (Å²) in [6.45, 7) is 9.36. The Morgan fingerprint density at radius 2 is 1.77 bits per heavy atom. The summed E-state index contributed by atoms with van der Waals surface area (Å²) in [5.74, 6) is 2.42. The van der Waals surface area contributed by atoms with E-state index in [1.54, 1.807) is 0 Å². The number of rotatable bonds is 2. The van der Waals surface area contributed by atoms with Crippen molar-refractivity contribution in [2.24, 2.45) is 34.5 Å². The van der Waals surface area contributed by atoms with Crippen LogP contribution >= 0.6 is 0 Å². The monoisotopic (exact) mass is 306 g/mol. The van der Waals surface area contributed by atoms with E-state index in [1.807, 2.05) is 6.92 Å². The summed E-state index contributed by atoms with van der Waals surface area (Å²) in [7, 11) is 0. The van der Waals surface area contributed by atoms with Crippen molar-refractivity contribution in [2.75, 3.05) is 6.61 Å². The molecule has 0 saturated heterocycles. The molecule has 0 amide bonds. The number of aliphatic hydroxyl groups excluding tert-OH is 1. The van der Waals surface area contributed by atoms with Crippen LogP contribution in [0.2, 0.25) is 0 Å². The Hall–Kier alpha value is -0.340.